The minimum absolute atomic E-state index is 0.113. The molecule has 0 saturated carbocycles. The second kappa shape index (κ2) is 13.1. The van der Waals surface area contributed by atoms with Crippen LogP contribution < -0.4 is 27.4 Å². The van der Waals surface area contributed by atoms with Gasteiger partial charge in [0.25, 0.3) is 11.8 Å². The van der Waals surface area contributed by atoms with Crippen molar-refractivity contribution in [2.45, 2.75) is 43.8 Å². The Balaban J connectivity index is 1.45. The lowest BCUT2D eigenvalue weighted by atomic mass is 10.1. The van der Waals surface area contributed by atoms with Crippen LogP contribution in [-0.2, 0) is 4.79 Å². The molecule has 1 saturated heterocycles. The Labute approximate surface area is 249 Å². The third-order valence-corrected chi connectivity index (χ3v) is 9.26. The average molecular weight is 626 g/mol. The number of nitrogens with one attached hydrogen (secondary N) is 4. The van der Waals surface area contributed by atoms with Crippen molar-refractivity contribution in [2.75, 3.05) is 20.1 Å². The van der Waals surface area contributed by atoms with Gasteiger partial charge in [-0.25, -0.2) is 4.98 Å². The number of fused-ring (bicyclic) bond motifs is 1. The Kier molecular flexibility index (Phi) is 9.85. The lowest BCUT2D eigenvalue weighted by Crippen LogP contribution is -2.45. The molecule has 0 aliphatic carbocycles. The third kappa shape index (κ3) is 7.02. The summed E-state index contributed by atoms with van der Waals surface area (Å²) in [7, 11) is 1.51. The van der Waals surface area contributed by atoms with E-state index in [1.807, 2.05) is 0 Å². The predicted molar refractivity (Wildman–Crippen MR) is 159 cm³/mol. The number of likely N-dealkylation sites (N-methyl/N-ethyl adjacent to an activating group) is 1. The fourth-order valence-corrected chi connectivity index (χ4v) is 6.89. The lowest BCUT2D eigenvalue weighted by molar-refractivity contribution is -0.122. The second-order valence-electron chi connectivity index (χ2n) is 9.43. The van der Waals surface area contributed by atoms with Gasteiger partial charge in [-0.2, -0.15) is 0 Å². The van der Waals surface area contributed by atoms with Crippen LogP contribution in [0.15, 0.2) is 23.6 Å². The van der Waals surface area contributed by atoms with E-state index in [4.69, 9.17) is 40.1 Å². The molecule has 15 heteroatoms. The quantitative estimate of drug-likeness (QED) is 0.114. The zero-order valence-electron chi connectivity index (χ0n) is 21.6. The lowest BCUT2D eigenvalue weighted by Gasteiger charge is -2.22. The summed E-state index contributed by atoms with van der Waals surface area (Å²) in [6, 6.07) is 3.92. The van der Waals surface area contributed by atoms with Crippen molar-refractivity contribution >= 4 is 79.6 Å². The Morgan fingerprint density at radius 1 is 1.23 bits per heavy atom. The molecule has 0 radical (unpaired) electrons. The molecule has 3 heterocycles. The van der Waals surface area contributed by atoms with Crippen LogP contribution in [-0.4, -0.2) is 65.8 Å². The number of benzene rings is 1. The van der Waals surface area contributed by atoms with E-state index in [0.717, 1.165) is 10.1 Å². The first-order valence-corrected chi connectivity index (χ1v) is 15.0. The van der Waals surface area contributed by atoms with E-state index in [2.05, 4.69) is 20.9 Å². The summed E-state index contributed by atoms with van der Waals surface area (Å²) in [4.78, 5) is 45.7. The second-order valence-corrected chi connectivity index (χ2v) is 12.2. The van der Waals surface area contributed by atoms with Crippen LogP contribution in [0.1, 0.15) is 56.9 Å². The predicted octanol–water partition coefficient (Wildman–Crippen LogP) is 3.08. The first-order valence-electron chi connectivity index (χ1n) is 12.6. The van der Waals surface area contributed by atoms with Gasteiger partial charge < -0.3 is 32.3 Å². The number of carbonyl (C=O) groups is 3. The topological polar surface area (TPSA) is 179 Å². The zero-order valence-corrected chi connectivity index (χ0v) is 24.8. The Bertz CT molecular complexity index is 1390. The van der Waals surface area contributed by atoms with Gasteiger partial charge in [0.1, 0.15) is 16.7 Å². The highest BCUT2D eigenvalue weighted by Gasteiger charge is 2.37. The number of amides is 3. The van der Waals surface area contributed by atoms with Gasteiger partial charge in [0.15, 0.2) is 5.96 Å². The van der Waals surface area contributed by atoms with Crippen LogP contribution in [0.5, 0.6) is 0 Å². The summed E-state index contributed by atoms with van der Waals surface area (Å²) in [5.41, 5.74) is 11.7. The molecule has 8 N–H and O–H groups in total. The van der Waals surface area contributed by atoms with Crippen LogP contribution in [0.2, 0.25) is 10.0 Å². The number of likely N-dealkylation sites (tertiary alicyclic amines) is 1. The molecule has 1 fully saturated rings. The van der Waals surface area contributed by atoms with Crippen LogP contribution in [0.3, 0.4) is 0 Å². The molecule has 3 amide bonds. The first-order chi connectivity index (χ1) is 19.1. The number of nitrogens with two attached hydrogens (primary N) is 2. The van der Waals surface area contributed by atoms with Crippen LogP contribution in [0.25, 0.3) is 10.1 Å². The summed E-state index contributed by atoms with van der Waals surface area (Å²) < 4.78 is 0.854. The normalized spacial score (nSPS) is 17.6. The minimum Gasteiger partial charge on any atom is -0.370 e. The Morgan fingerprint density at radius 2 is 1.98 bits per heavy atom. The van der Waals surface area contributed by atoms with E-state index >= 15 is 0 Å². The minimum atomic E-state index is -0.743. The van der Waals surface area contributed by atoms with Gasteiger partial charge in [0.05, 0.1) is 21.0 Å². The number of nitrogens with zero attached hydrogens (tertiary/aromatic N) is 2. The van der Waals surface area contributed by atoms with Gasteiger partial charge >= 0.3 is 0 Å². The SMILES string of the molecule is CNC(=O)C(CCCCNC(=N)N)NC(=O)c1csc([C@@H]2C[C@@H](N)CN2C(=O)c2cc3cc(Cl)c(Cl)cc3s2)n1. The standard InChI is InChI=1S/C25H30Cl2N8O3S2/c1-31-21(36)16(4-2-3-5-32-25(29)30)33-22(37)17-11-39-23(34-17)18-8-13(28)10-35(18)24(38)20-7-12-6-14(26)15(27)9-19(12)40-20/h6-7,9,11,13,16,18H,2-5,8,10,28H2,1H3,(H,31,36)(H,33,37)(H4,29,30,32)/t13-,16?,18+/m1/s1. The molecular formula is C25H30Cl2N8O3S2. The molecule has 1 aliphatic heterocycles. The molecule has 214 valence electrons. The fourth-order valence-electron chi connectivity index (χ4n) is 4.52. The molecular weight excluding hydrogens is 595 g/mol. The number of rotatable bonds is 10. The Morgan fingerprint density at radius 3 is 2.70 bits per heavy atom. The van der Waals surface area contributed by atoms with Gasteiger partial charge in [-0.05, 0) is 49.3 Å². The van der Waals surface area contributed by atoms with Crippen molar-refractivity contribution in [1.29, 1.82) is 5.41 Å². The highest BCUT2D eigenvalue weighted by Crippen LogP contribution is 2.38. The highest BCUT2D eigenvalue weighted by molar-refractivity contribution is 7.20. The molecule has 11 nitrogen and oxygen atoms in total. The molecule has 3 aromatic rings. The van der Waals surface area contributed by atoms with E-state index < -0.39 is 11.9 Å². The molecule has 1 aromatic carbocycles. The van der Waals surface area contributed by atoms with Crippen LogP contribution in [0.4, 0.5) is 0 Å². The van der Waals surface area contributed by atoms with E-state index in [0.29, 0.717) is 58.7 Å². The number of carbonyl (C=O) groups excluding carboxylic acids is 3. The summed E-state index contributed by atoms with van der Waals surface area (Å²) in [5, 5.41) is 19.1. The largest absolute Gasteiger partial charge is 0.370 e. The molecule has 40 heavy (non-hydrogen) atoms. The Hall–Kier alpha value is -2.97. The molecule has 1 unspecified atom stereocenters. The average Bonchev–Trinajstić information content (AvgIpc) is 3.65. The summed E-state index contributed by atoms with van der Waals surface area (Å²) in [5.74, 6) is -1.08. The number of guanidine groups is 1. The van der Waals surface area contributed by atoms with Crippen molar-refractivity contribution in [2.24, 2.45) is 11.5 Å². The van der Waals surface area contributed by atoms with Gasteiger partial charge in [0.2, 0.25) is 5.91 Å². The number of hydrogen-bond donors (Lipinski definition) is 6. The molecule has 1 aliphatic rings. The van der Waals surface area contributed by atoms with Crippen molar-refractivity contribution in [3.63, 3.8) is 0 Å². The number of hydrogen-bond acceptors (Lipinski definition) is 8. The van der Waals surface area contributed by atoms with Crippen molar-refractivity contribution < 1.29 is 14.4 Å². The highest BCUT2D eigenvalue weighted by atomic mass is 35.5. The summed E-state index contributed by atoms with van der Waals surface area (Å²) in [6.45, 7) is 0.860. The molecule has 0 spiro atoms. The van der Waals surface area contributed by atoms with E-state index in [1.165, 1.54) is 29.7 Å². The molecule has 3 atom stereocenters. The maximum absolute atomic E-state index is 13.5. The number of thiazole rings is 1. The zero-order chi connectivity index (χ0) is 29.0. The van der Waals surface area contributed by atoms with Crippen molar-refractivity contribution in [1.82, 2.24) is 25.8 Å². The number of halogens is 2. The number of aromatic nitrogens is 1. The van der Waals surface area contributed by atoms with Gasteiger partial charge in [-0.1, -0.05) is 23.2 Å². The number of unbranched alkanes of at least 4 members (excludes halogenated alkanes) is 1. The maximum atomic E-state index is 13.5. The third-order valence-electron chi connectivity index (χ3n) is 6.51. The van der Waals surface area contributed by atoms with E-state index in [1.54, 1.807) is 28.5 Å². The molecule has 2 aromatic heterocycles. The van der Waals surface area contributed by atoms with Gasteiger partial charge in [-0.15, -0.1) is 22.7 Å². The van der Waals surface area contributed by atoms with Crippen LogP contribution >= 0.6 is 45.9 Å². The van der Waals surface area contributed by atoms with Crippen molar-refractivity contribution in [3.8, 4) is 0 Å². The monoisotopic (exact) mass is 624 g/mol. The van der Waals surface area contributed by atoms with Gasteiger partial charge in [0, 0.05) is 36.3 Å². The van der Waals surface area contributed by atoms with Gasteiger partial charge in [-0.3, -0.25) is 19.8 Å². The molecule has 4 rings (SSSR count). The molecule has 0 bridgehead atoms. The summed E-state index contributed by atoms with van der Waals surface area (Å²) in [6.07, 6.45) is 2.23. The van der Waals surface area contributed by atoms with E-state index in [-0.39, 0.29) is 35.6 Å². The fraction of sp³-hybridized carbons (Fsp3) is 0.400. The van der Waals surface area contributed by atoms with E-state index in [9.17, 15) is 14.4 Å². The number of thiophene rings is 1. The summed E-state index contributed by atoms with van der Waals surface area (Å²) >= 11 is 14.9. The first kappa shape index (κ1) is 30.0. The van der Waals surface area contributed by atoms with Crippen molar-refractivity contribution in [3.05, 3.63) is 49.2 Å². The smallest absolute Gasteiger partial charge is 0.271 e. The maximum Gasteiger partial charge on any atom is 0.271 e. The van der Waals surface area contributed by atoms with Crippen LogP contribution in [0, 0.1) is 5.41 Å².